The Morgan fingerprint density at radius 1 is 1.62 bits per heavy atom. The smallest absolute Gasteiger partial charge is 0.192 e. The molecular formula is C8H5BrClFO2. The Bertz CT molecular complexity index is 324. The number of hydrogen-bond acceptors (Lipinski definition) is 2. The maximum absolute atomic E-state index is 12.1. The van der Waals surface area contributed by atoms with Crippen molar-refractivity contribution in [1.29, 1.82) is 0 Å². The maximum Gasteiger partial charge on any atom is 0.192 e. The molecule has 1 aliphatic rings. The van der Waals surface area contributed by atoms with E-state index in [2.05, 4.69) is 15.9 Å². The molecule has 0 aromatic rings. The van der Waals surface area contributed by atoms with Gasteiger partial charge >= 0.3 is 0 Å². The minimum absolute atomic E-state index is 0.235. The molecule has 0 aromatic heterocycles. The van der Waals surface area contributed by atoms with Crippen molar-refractivity contribution in [1.82, 2.24) is 0 Å². The van der Waals surface area contributed by atoms with Crippen molar-refractivity contribution in [3.63, 3.8) is 0 Å². The summed E-state index contributed by atoms with van der Waals surface area (Å²) in [6, 6.07) is 0. The largest absolute Gasteiger partial charge is 0.294 e. The Morgan fingerprint density at radius 2 is 2.23 bits per heavy atom. The van der Waals surface area contributed by atoms with Crippen LogP contribution in [-0.4, -0.2) is 22.6 Å². The second-order valence-electron chi connectivity index (χ2n) is 2.50. The summed E-state index contributed by atoms with van der Waals surface area (Å²) in [7, 11) is 0. The predicted molar refractivity (Wildman–Crippen MR) is 50.7 cm³/mol. The van der Waals surface area contributed by atoms with Crippen LogP contribution in [0.3, 0.4) is 0 Å². The Labute approximate surface area is 87.6 Å². The lowest BCUT2D eigenvalue weighted by Gasteiger charge is -2.20. The monoisotopic (exact) mass is 266 g/mol. The molecule has 0 aliphatic heterocycles. The quantitative estimate of drug-likeness (QED) is 0.566. The molecule has 5 heteroatoms. The molecule has 0 aromatic carbocycles. The number of halogens is 3. The zero-order chi connectivity index (χ0) is 10.1. The number of hydrogen-bond donors (Lipinski definition) is 0. The zero-order valence-corrected chi connectivity index (χ0v) is 8.73. The number of allylic oxidation sites excluding steroid dienone is 4. The van der Waals surface area contributed by atoms with Crippen LogP contribution in [0.15, 0.2) is 23.3 Å². The maximum atomic E-state index is 12.1. The molecule has 0 saturated carbocycles. The lowest BCUT2D eigenvalue weighted by molar-refractivity contribution is -0.127. The highest BCUT2D eigenvalue weighted by atomic mass is 79.9. The van der Waals surface area contributed by atoms with Gasteiger partial charge < -0.3 is 0 Å². The molecule has 0 radical (unpaired) electrons. The van der Waals surface area contributed by atoms with E-state index in [1.54, 1.807) is 0 Å². The zero-order valence-electron chi connectivity index (χ0n) is 6.39. The molecular weight excluding hydrogens is 262 g/mol. The first kappa shape index (κ1) is 10.6. The standard InChI is InChI=1S/C8H5BrClFO2/c9-8(7(13)4-11)3-5(10)1-2-6(8)12/h1-3H,4H2. The molecule has 1 rings (SSSR count). The van der Waals surface area contributed by atoms with Crippen molar-refractivity contribution in [3.8, 4) is 0 Å². The Kier molecular flexibility index (Phi) is 3.03. The average Bonchev–Trinajstić information content (AvgIpc) is 2.10. The summed E-state index contributed by atoms with van der Waals surface area (Å²) in [5.74, 6) is -1.36. The van der Waals surface area contributed by atoms with E-state index in [1.165, 1.54) is 12.2 Å². The Hall–Kier alpha value is -0.480. The summed E-state index contributed by atoms with van der Waals surface area (Å²) in [6.45, 7) is -1.20. The molecule has 0 spiro atoms. The van der Waals surface area contributed by atoms with E-state index in [-0.39, 0.29) is 5.03 Å². The van der Waals surface area contributed by atoms with Gasteiger partial charge in [0.15, 0.2) is 22.6 Å². The van der Waals surface area contributed by atoms with Crippen molar-refractivity contribution >= 4 is 39.1 Å². The average molecular weight is 267 g/mol. The molecule has 0 bridgehead atoms. The van der Waals surface area contributed by atoms with Crippen LogP contribution in [0.1, 0.15) is 0 Å². The van der Waals surface area contributed by atoms with Gasteiger partial charge in [-0.3, -0.25) is 9.59 Å². The number of Topliss-reactive ketones (excluding diaryl/α,β-unsaturated/α-hetero) is 1. The first-order valence-corrected chi connectivity index (χ1v) is 4.57. The van der Waals surface area contributed by atoms with E-state index < -0.39 is 22.6 Å². The van der Waals surface area contributed by atoms with E-state index in [0.717, 1.165) is 6.08 Å². The molecule has 70 valence electrons. The fourth-order valence-electron chi connectivity index (χ4n) is 0.901. The Morgan fingerprint density at radius 3 is 2.77 bits per heavy atom. The molecule has 2 nitrogen and oxygen atoms in total. The van der Waals surface area contributed by atoms with Crippen molar-refractivity contribution in [3.05, 3.63) is 23.3 Å². The van der Waals surface area contributed by atoms with Gasteiger partial charge in [-0.2, -0.15) is 0 Å². The minimum atomic E-state index is -1.60. The van der Waals surface area contributed by atoms with Crippen LogP contribution in [0, 0.1) is 0 Å². The van der Waals surface area contributed by atoms with Gasteiger partial charge in [0.2, 0.25) is 0 Å². The first-order chi connectivity index (χ1) is 6.00. The van der Waals surface area contributed by atoms with Gasteiger partial charge in [-0.1, -0.05) is 27.5 Å². The van der Waals surface area contributed by atoms with Crippen molar-refractivity contribution in [2.75, 3.05) is 6.67 Å². The molecule has 1 aliphatic carbocycles. The van der Waals surface area contributed by atoms with Crippen molar-refractivity contribution in [2.45, 2.75) is 4.32 Å². The van der Waals surface area contributed by atoms with Crippen LogP contribution in [0.25, 0.3) is 0 Å². The lowest BCUT2D eigenvalue weighted by atomic mass is 9.95. The topological polar surface area (TPSA) is 34.1 Å². The summed E-state index contributed by atoms with van der Waals surface area (Å²) in [5, 5.41) is 0.235. The van der Waals surface area contributed by atoms with Crippen molar-refractivity contribution < 1.29 is 14.0 Å². The third-order valence-electron chi connectivity index (χ3n) is 1.62. The van der Waals surface area contributed by atoms with Crippen LogP contribution in [-0.2, 0) is 9.59 Å². The lowest BCUT2D eigenvalue weighted by Crippen LogP contribution is -2.40. The predicted octanol–water partition coefficient (Wildman–Crippen LogP) is 1.92. The molecule has 0 saturated heterocycles. The molecule has 0 amide bonds. The van der Waals surface area contributed by atoms with Gasteiger partial charge in [-0.25, -0.2) is 4.39 Å². The third kappa shape index (κ3) is 1.89. The number of ketones is 2. The SMILES string of the molecule is O=C1C=CC(Cl)=CC1(Br)C(=O)CF. The molecule has 1 unspecified atom stereocenters. The van der Waals surface area contributed by atoms with E-state index in [0.29, 0.717) is 0 Å². The second kappa shape index (κ2) is 3.72. The van der Waals surface area contributed by atoms with E-state index in [9.17, 15) is 14.0 Å². The van der Waals surface area contributed by atoms with Gasteiger partial charge in [0.25, 0.3) is 0 Å². The van der Waals surface area contributed by atoms with Crippen LogP contribution in [0.2, 0.25) is 0 Å². The van der Waals surface area contributed by atoms with E-state index >= 15 is 0 Å². The minimum Gasteiger partial charge on any atom is -0.294 e. The van der Waals surface area contributed by atoms with Gasteiger partial charge in [-0.15, -0.1) is 0 Å². The summed E-state index contributed by atoms with van der Waals surface area (Å²) >= 11 is 8.46. The molecule has 0 N–H and O–H groups in total. The van der Waals surface area contributed by atoms with E-state index in [4.69, 9.17) is 11.6 Å². The van der Waals surface area contributed by atoms with E-state index in [1.807, 2.05) is 0 Å². The Balaban J connectivity index is 3.09. The van der Waals surface area contributed by atoms with Crippen LogP contribution in [0.4, 0.5) is 4.39 Å². The number of carbonyl (C=O) groups excluding carboxylic acids is 2. The summed E-state index contributed by atoms with van der Waals surface area (Å²) in [4.78, 5) is 22.3. The number of alkyl halides is 2. The molecule has 0 fully saturated rings. The fourth-order valence-corrected chi connectivity index (χ4v) is 1.74. The molecule has 1 atom stereocenters. The van der Waals surface area contributed by atoms with Crippen LogP contribution >= 0.6 is 27.5 Å². The summed E-state index contributed by atoms with van der Waals surface area (Å²) < 4.78 is 10.5. The molecule has 13 heavy (non-hydrogen) atoms. The summed E-state index contributed by atoms with van der Waals surface area (Å²) in [6.07, 6.45) is 3.69. The normalized spacial score (nSPS) is 27.3. The second-order valence-corrected chi connectivity index (χ2v) is 4.18. The van der Waals surface area contributed by atoms with Crippen LogP contribution < -0.4 is 0 Å². The molecule has 0 heterocycles. The van der Waals surface area contributed by atoms with Crippen LogP contribution in [0.5, 0.6) is 0 Å². The number of carbonyl (C=O) groups is 2. The van der Waals surface area contributed by atoms with Gasteiger partial charge in [0.05, 0.1) is 0 Å². The summed E-state index contributed by atoms with van der Waals surface area (Å²) in [5.41, 5.74) is 0. The first-order valence-electron chi connectivity index (χ1n) is 3.40. The highest BCUT2D eigenvalue weighted by Gasteiger charge is 2.41. The third-order valence-corrected chi connectivity index (χ3v) is 2.91. The van der Waals surface area contributed by atoms with Gasteiger partial charge in [0.1, 0.15) is 0 Å². The highest BCUT2D eigenvalue weighted by molar-refractivity contribution is 9.10. The van der Waals surface area contributed by atoms with Gasteiger partial charge in [0, 0.05) is 5.03 Å². The van der Waals surface area contributed by atoms with Gasteiger partial charge in [-0.05, 0) is 18.2 Å². The number of rotatable bonds is 2. The van der Waals surface area contributed by atoms with Crippen molar-refractivity contribution in [2.24, 2.45) is 0 Å². The highest BCUT2D eigenvalue weighted by Crippen LogP contribution is 2.30. The fraction of sp³-hybridized carbons (Fsp3) is 0.250.